The first kappa shape index (κ1) is 13.9. The van der Waals surface area contributed by atoms with Crippen LogP contribution in [0.25, 0.3) is 0 Å². The summed E-state index contributed by atoms with van der Waals surface area (Å²) in [4.78, 5) is 7.29. The van der Waals surface area contributed by atoms with Crippen molar-refractivity contribution in [1.29, 1.82) is 0 Å². The number of nitrogens with zero attached hydrogens (tertiary/aromatic N) is 2. The predicted molar refractivity (Wildman–Crippen MR) is 84.0 cm³/mol. The van der Waals surface area contributed by atoms with E-state index < -0.39 is 0 Å². The number of hydrogen-bond acceptors (Lipinski definition) is 3. The monoisotopic (exact) mass is 273 g/mol. The Morgan fingerprint density at radius 1 is 1.30 bits per heavy atom. The summed E-state index contributed by atoms with van der Waals surface area (Å²) in [5.74, 6) is 1.14. The number of unbranched alkanes of at least 4 members (excludes halogenated alkanes) is 1. The Hall–Kier alpha value is -1.09. The second-order valence-electron chi connectivity index (χ2n) is 6.26. The zero-order valence-electron chi connectivity index (χ0n) is 12.6. The second-order valence-corrected chi connectivity index (χ2v) is 6.26. The minimum absolute atomic E-state index is 0.574. The van der Waals surface area contributed by atoms with Crippen LogP contribution in [0.2, 0.25) is 0 Å². The molecule has 3 heteroatoms. The minimum atomic E-state index is 0.574. The summed E-state index contributed by atoms with van der Waals surface area (Å²) in [6.07, 6.45) is 11.1. The number of hydrogen-bond donors (Lipinski definition) is 1. The van der Waals surface area contributed by atoms with Gasteiger partial charge in [0.2, 0.25) is 0 Å². The zero-order valence-corrected chi connectivity index (χ0v) is 12.6. The summed E-state index contributed by atoms with van der Waals surface area (Å²) in [6, 6.07) is 5.63. The molecule has 0 amide bonds. The number of likely N-dealkylation sites (tertiary alicyclic amines) is 1. The fraction of sp³-hybridized carbons (Fsp3) is 0.706. The van der Waals surface area contributed by atoms with Crippen LogP contribution in [0.3, 0.4) is 0 Å². The highest BCUT2D eigenvalue weighted by molar-refractivity contribution is 5.47. The van der Waals surface area contributed by atoms with Gasteiger partial charge in [0, 0.05) is 23.8 Å². The van der Waals surface area contributed by atoms with Gasteiger partial charge in [-0.1, -0.05) is 25.8 Å². The number of rotatable bonds is 6. The zero-order chi connectivity index (χ0) is 13.8. The molecule has 0 spiro atoms. The summed E-state index contributed by atoms with van der Waals surface area (Å²) in [5, 5.41) is 3.62. The number of aromatic nitrogens is 1. The van der Waals surface area contributed by atoms with Crippen LogP contribution in [-0.2, 0) is 0 Å². The quantitative estimate of drug-likeness (QED) is 0.849. The van der Waals surface area contributed by atoms with Crippen molar-refractivity contribution in [2.75, 3.05) is 18.4 Å². The van der Waals surface area contributed by atoms with E-state index in [4.69, 9.17) is 0 Å². The van der Waals surface area contributed by atoms with Crippen molar-refractivity contribution in [1.82, 2.24) is 9.88 Å². The van der Waals surface area contributed by atoms with Crippen LogP contribution in [0.15, 0.2) is 18.3 Å². The summed E-state index contributed by atoms with van der Waals surface area (Å²) in [7, 11) is 0. The van der Waals surface area contributed by atoms with Gasteiger partial charge in [0.25, 0.3) is 0 Å². The van der Waals surface area contributed by atoms with E-state index in [1.807, 2.05) is 6.20 Å². The normalized spacial score (nSPS) is 23.8. The molecule has 1 aromatic heterocycles. The molecule has 1 atom stereocenters. The first-order chi connectivity index (χ1) is 9.88. The molecule has 1 saturated carbocycles. The molecule has 20 heavy (non-hydrogen) atoms. The Labute approximate surface area is 122 Å². The number of nitrogens with one attached hydrogen (secondary N) is 1. The third-order valence-corrected chi connectivity index (χ3v) is 4.53. The molecule has 1 unspecified atom stereocenters. The molecule has 110 valence electrons. The average Bonchev–Trinajstić information content (AvgIpc) is 3.30. The lowest BCUT2D eigenvalue weighted by molar-refractivity contribution is 0.147. The average molecular weight is 273 g/mol. The van der Waals surface area contributed by atoms with Crippen LogP contribution >= 0.6 is 0 Å². The van der Waals surface area contributed by atoms with Gasteiger partial charge in [-0.25, -0.2) is 4.98 Å². The van der Waals surface area contributed by atoms with Crippen molar-refractivity contribution in [2.24, 2.45) is 0 Å². The molecule has 1 saturated heterocycles. The van der Waals surface area contributed by atoms with E-state index >= 15 is 0 Å². The second kappa shape index (κ2) is 6.57. The predicted octanol–water partition coefficient (Wildman–Crippen LogP) is 3.98. The highest BCUT2D eigenvalue weighted by Gasteiger charge is 2.28. The van der Waals surface area contributed by atoms with E-state index in [9.17, 15) is 0 Å². The number of piperidine rings is 1. The SMILES string of the molecule is CCCCN1CCCCC1c1cccnc1NC1CC1. The van der Waals surface area contributed by atoms with Crippen LogP contribution in [0, 0.1) is 0 Å². The van der Waals surface area contributed by atoms with Crippen LogP contribution in [0.1, 0.15) is 63.5 Å². The Kier molecular flexibility index (Phi) is 4.56. The smallest absolute Gasteiger partial charge is 0.130 e. The third kappa shape index (κ3) is 3.32. The molecule has 0 radical (unpaired) electrons. The molecule has 1 aliphatic heterocycles. The maximum absolute atomic E-state index is 4.61. The van der Waals surface area contributed by atoms with E-state index in [1.165, 1.54) is 63.6 Å². The van der Waals surface area contributed by atoms with Gasteiger partial charge in [0.05, 0.1) is 0 Å². The molecule has 2 fully saturated rings. The minimum Gasteiger partial charge on any atom is -0.367 e. The molecule has 1 aromatic rings. The van der Waals surface area contributed by atoms with Gasteiger partial charge < -0.3 is 5.32 Å². The van der Waals surface area contributed by atoms with Crippen LogP contribution in [-0.4, -0.2) is 29.0 Å². The van der Waals surface area contributed by atoms with Crippen LogP contribution in [0.5, 0.6) is 0 Å². The van der Waals surface area contributed by atoms with E-state index in [1.54, 1.807) is 0 Å². The summed E-state index contributed by atoms with van der Waals surface area (Å²) >= 11 is 0. The molecular formula is C17H27N3. The molecule has 2 aliphatic rings. The first-order valence-electron chi connectivity index (χ1n) is 8.34. The van der Waals surface area contributed by atoms with Crippen molar-refractivity contribution in [3.63, 3.8) is 0 Å². The summed E-state index contributed by atoms with van der Waals surface area (Å²) in [6.45, 7) is 4.77. The highest BCUT2D eigenvalue weighted by Crippen LogP contribution is 2.35. The lowest BCUT2D eigenvalue weighted by Gasteiger charge is -2.36. The van der Waals surface area contributed by atoms with E-state index in [0.717, 1.165) is 5.82 Å². The van der Waals surface area contributed by atoms with E-state index in [-0.39, 0.29) is 0 Å². The topological polar surface area (TPSA) is 28.2 Å². The van der Waals surface area contributed by atoms with Crippen molar-refractivity contribution in [3.05, 3.63) is 23.9 Å². The third-order valence-electron chi connectivity index (χ3n) is 4.53. The summed E-state index contributed by atoms with van der Waals surface area (Å²) < 4.78 is 0. The molecule has 1 N–H and O–H groups in total. The highest BCUT2D eigenvalue weighted by atomic mass is 15.2. The van der Waals surface area contributed by atoms with Gasteiger partial charge in [0.1, 0.15) is 5.82 Å². The Bertz CT molecular complexity index is 428. The first-order valence-corrected chi connectivity index (χ1v) is 8.34. The lowest BCUT2D eigenvalue weighted by Crippen LogP contribution is -2.34. The Balaban J connectivity index is 1.77. The molecule has 3 nitrogen and oxygen atoms in total. The maximum atomic E-state index is 4.61. The molecule has 2 heterocycles. The van der Waals surface area contributed by atoms with Crippen molar-refractivity contribution >= 4 is 5.82 Å². The van der Waals surface area contributed by atoms with Gasteiger partial charge in [-0.15, -0.1) is 0 Å². The molecule has 0 aromatic carbocycles. The Morgan fingerprint density at radius 3 is 3.00 bits per heavy atom. The largest absolute Gasteiger partial charge is 0.367 e. The van der Waals surface area contributed by atoms with Gasteiger partial charge in [0.15, 0.2) is 0 Å². The van der Waals surface area contributed by atoms with Crippen LogP contribution in [0.4, 0.5) is 5.82 Å². The van der Waals surface area contributed by atoms with Gasteiger partial charge in [-0.2, -0.15) is 0 Å². The van der Waals surface area contributed by atoms with Crippen molar-refractivity contribution < 1.29 is 0 Å². The standard InChI is InChI=1S/C17H27N3/c1-2-3-12-20-13-5-4-8-16(20)15-7-6-11-18-17(15)19-14-9-10-14/h6-7,11,14,16H,2-5,8-10,12-13H2,1H3,(H,18,19). The van der Waals surface area contributed by atoms with Gasteiger partial charge in [-0.3, -0.25) is 4.90 Å². The van der Waals surface area contributed by atoms with E-state index in [0.29, 0.717) is 12.1 Å². The van der Waals surface area contributed by atoms with E-state index in [2.05, 4.69) is 34.3 Å². The number of pyridine rings is 1. The molecule has 3 rings (SSSR count). The fourth-order valence-corrected chi connectivity index (χ4v) is 3.20. The fourth-order valence-electron chi connectivity index (χ4n) is 3.20. The van der Waals surface area contributed by atoms with Gasteiger partial charge in [-0.05, 0) is 51.3 Å². The lowest BCUT2D eigenvalue weighted by atomic mass is 9.95. The molecular weight excluding hydrogens is 246 g/mol. The summed E-state index contributed by atoms with van der Waals surface area (Å²) in [5.41, 5.74) is 1.43. The van der Waals surface area contributed by atoms with Crippen molar-refractivity contribution in [2.45, 2.75) is 64.0 Å². The molecule has 1 aliphatic carbocycles. The van der Waals surface area contributed by atoms with Gasteiger partial charge >= 0.3 is 0 Å². The molecule has 0 bridgehead atoms. The Morgan fingerprint density at radius 2 is 2.20 bits per heavy atom. The van der Waals surface area contributed by atoms with Crippen LogP contribution < -0.4 is 5.32 Å². The maximum Gasteiger partial charge on any atom is 0.130 e. The number of anilines is 1. The van der Waals surface area contributed by atoms with Crippen molar-refractivity contribution in [3.8, 4) is 0 Å².